The summed E-state index contributed by atoms with van der Waals surface area (Å²) < 4.78 is 38.9. The van der Waals surface area contributed by atoms with Crippen molar-refractivity contribution < 1.29 is 18.0 Å². The number of nitrogens with zero attached hydrogens (tertiary/aromatic N) is 2. The van der Waals surface area contributed by atoms with E-state index in [0.29, 0.717) is 22.3 Å². The van der Waals surface area contributed by atoms with Gasteiger partial charge in [0.25, 0.3) is 5.91 Å². The van der Waals surface area contributed by atoms with Crippen LogP contribution >= 0.6 is 0 Å². The Morgan fingerprint density at radius 2 is 1.75 bits per heavy atom. The minimum absolute atomic E-state index is 0.255. The second kappa shape index (κ2) is 6.80. The van der Waals surface area contributed by atoms with Gasteiger partial charge in [0, 0.05) is 23.6 Å². The standard InChI is InChI=1S/C20H13F3N4O/c21-20(22,23)13-4-1-3-12(11-13)18-26-16-6-2-5-15(17(16)27-18)19(28)25-14-7-9-24-10-8-14/h1-11H,(H,26,27)(H,24,25,28). The molecule has 2 aromatic carbocycles. The van der Waals surface area contributed by atoms with Crippen LogP contribution in [0.4, 0.5) is 18.9 Å². The molecule has 0 saturated heterocycles. The molecule has 0 aliphatic rings. The number of nitrogens with one attached hydrogen (secondary N) is 2. The van der Waals surface area contributed by atoms with Crippen LogP contribution in [0.25, 0.3) is 22.4 Å². The van der Waals surface area contributed by atoms with Crippen LogP contribution < -0.4 is 5.32 Å². The second-order valence-electron chi connectivity index (χ2n) is 6.06. The normalized spacial score (nSPS) is 11.5. The van der Waals surface area contributed by atoms with Crippen molar-refractivity contribution in [3.63, 3.8) is 0 Å². The van der Waals surface area contributed by atoms with Crippen molar-refractivity contribution in [3.8, 4) is 11.4 Å². The van der Waals surface area contributed by atoms with Gasteiger partial charge in [-0.15, -0.1) is 0 Å². The molecule has 0 saturated carbocycles. The number of anilines is 1. The summed E-state index contributed by atoms with van der Waals surface area (Å²) in [4.78, 5) is 23.9. The number of rotatable bonds is 3. The second-order valence-corrected chi connectivity index (χ2v) is 6.06. The van der Waals surface area contributed by atoms with E-state index in [2.05, 4.69) is 20.3 Å². The summed E-state index contributed by atoms with van der Waals surface area (Å²) >= 11 is 0. The predicted molar refractivity (Wildman–Crippen MR) is 98.7 cm³/mol. The van der Waals surface area contributed by atoms with Gasteiger partial charge >= 0.3 is 6.18 Å². The van der Waals surface area contributed by atoms with Crippen LogP contribution in [-0.4, -0.2) is 20.9 Å². The average molecular weight is 382 g/mol. The predicted octanol–water partition coefficient (Wildman–Crippen LogP) is 4.90. The number of para-hydroxylation sites is 1. The number of benzene rings is 2. The summed E-state index contributed by atoms with van der Waals surface area (Å²) in [5, 5.41) is 2.75. The highest BCUT2D eigenvalue weighted by Gasteiger charge is 2.30. The Kier molecular flexibility index (Phi) is 4.31. The molecule has 2 aromatic heterocycles. The molecule has 1 amide bonds. The SMILES string of the molecule is O=C(Nc1ccncc1)c1cccc2[nH]c(-c3cccc(C(F)(F)F)c3)nc12. The van der Waals surface area contributed by atoms with Gasteiger partial charge in [-0.1, -0.05) is 18.2 Å². The summed E-state index contributed by atoms with van der Waals surface area (Å²) in [6.07, 6.45) is -1.34. The van der Waals surface area contributed by atoms with Crippen LogP contribution in [0.3, 0.4) is 0 Å². The number of halogens is 3. The third kappa shape index (κ3) is 3.44. The first-order valence-corrected chi connectivity index (χ1v) is 8.29. The molecule has 0 unspecified atom stereocenters. The van der Waals surface area contributed by atoms with Crippen LogP contribution in [0.15, 0.2) is 67.0 Å². The zero-order chi connectivity index (χ0) is 19.7. The molecule has 0 spiro atoms. The molecule has 140 valence electrons. The number of alkyl halides is 3. The molecule has 2 N–H and O–H groups in total. The molecular formula is C20H13F3N4O. The lowest BCUT2D eigenvalue weighted by molar-refractivity contribution is -0.137. The number of pyridine rings is 1. The van der Waals surface area contributed by atoms with E-state index in [0.717, 1.165) is 12.1 Å². The third-order valence-electron chi connectivity index (χ3n) is 4.16. The lowest BCUT2D eigenvalue weighted by Crippen LogP contribution is -2.12. The highest BCUT2D eigenvalue weighted by atomic mass is 19.4. The number of fused-ring (bicyclic) bond motifs is 1. The molecule has 8 heteroatoms. The van der Waals surface area contributed by atoms with Crippen LogP contribution in [0.5, 0.6) is 0 Å². The van der Waals surface area contributed by atoms with Gasteiger partial charge in [0.15, 0.2) is 0 Å². The van der Waals surface area contributed by atoms with Gasteiger partial charge in [-0.25, -0.2) is 4.98 Å². The molecule has 28 heavy (non-hydrogen) atoms. The molecule has 2 heterocycles. The highest BCUT2D eigenvalue weighted by molar-refractivity contribution is 6.11. The molecule has 0 aliphatic carbocycles. The highest BCUT2D eigenvalue weighted by Crippen LogP contribution is 2.32. The molecule has 4 aromatic rings. The monoisotopic (exact) mass is 382 g/mol. The van der Waals surface area contributed by atoms with Gasteiger partial charge in [0.2, 0.25) is 0 Å². The van der Waals surface area contributed by atoms with E-state index in [1.54, 1.807) is 42.7 Å². The van der Waals surface area contributed by atoms with Crippen molar-refractivity contribution in [2.24, 2.45) is 0 Å². The fourth-order valence-electron chi connectivity index (χ4n) is 2.83. The number of amides is 1. The Morgan fingerprint density at radius 3 is 2.50 bits per heavy atom. The summed E-state index contributed by atoms with van der Waals surface area (Å²) in [6, 6.07) is 13.2. The molecule has 0 aliphatic heterocycles. The molecule has 5 nitrogen and oxygen atoms in total. The van der Waals surface area contributed by atoms with Crippen LogP contribution in [0, 0.1) is 0 Å². The zero-order valence-electron chi connectivity index (χ0n) is 14.3. The maximum absolute atomic E-state index is 13.0. The van der Waals surface area contributed by atoms with Crippen molar-refractivity contribution in [1.82, 2.24) is 15.0 Å². The van der Waals surface area contributed by atoms with Gasteiger partial charge in [-0.3, -0.25) is 9.78 Å². The van der Waals surface area contributed by atoms with Crippen molar-refractivity contribution in [1.29, 1.82) is 0 Å². The van der Waals surface area contributed by atoms with E-state index in [-0.39, 0.29) is 17.3 Å². The minimum Gasteiger partial charge on any atom is -0.338 e. The largest absolute Gasteiger partial charge is 0.416 e. The minimum atomic E-state index is -4.45. The fraction of sp³-hybridized carbons (Fsp3) is 0.0500. The quantitative estimate of drug-likeness (QED) is 0.530. The van der Waals surface area contributed by atoms with Crippen molar-refractivity contribution in [2.75, 3.05) is 5.32 Å². The molecular weight excluding hydrogens is 369 g/mol. The van der Waals surface area contributed by atoms with E-state index in [9.17, 15) is 18.0 Å². The summed E-state index contributed by atoms with van der Waals surface area (Å²) in [5.74, 6) is -0.121. The Hall–Kier alpha value is -3.68. The number of hydrogen-bond acceptors (Lipinski definition) is 3. The van der Waals surface area contributed by atoms with Crippen molar-refractivity contribution >= 4 is 22.6 Å². The number of carbonyl (C=O) groups excluding carboxylic acids is 1. The lowest BCUT2D eigenvalue weighted by atomic mass is 10.1. The van der Waals surface area contributed by atoms with E-state index in [1.165, 1.54) is 12.1 Å². The van der Waals surface area contributed by atoms with Crippen LogP contribution in [-0.2, 0) is 6.18 Å². The molecule has 0 atom stereocenters. The first-order chi connectivity index (χ1) is 13.4. The van der Waals surface area contributed by atoms with E-state index in [4.69, 9.17) is 0 Å². The Morgan fingerprint density at radius 1 is 1.00 bits per heavy atom. The number of hydrogen-bond donors (Lipinski definition) is 2. The average Bonchev–Trinajstić information content (AvgIpc) is 3.12. The summed E-state index contributed by atoms with van der Waals surface area (Å²) in [6.45, 7) is 0. The van der Waals surface area contributed by atoms with Gasteiger partial charge in [0.05, 0.1) is 16.6 Å². The number of H-pyrrole nitrogens is 1. The van der Waals surface area contributed by atoms with E-state index >= 15 is 0 Å². The summed E-state index contributed by atoms with van der Waals surface area (Å²) in [7, 11) is 0. The van der Waals surface area contributed by atoms with E-state index in [1.807, 2.05) is 0 Å². The zero-order valence-corrected chi connectivity index (χ0v) is 14.3. The molecule has 0 radical (unpaired) electrons. The Labute approximate surface area is 157 Å². The fourth-order valence-corrected chi connectivity index (χ4v) is 2.83. The van der Waals surface area contributed by atoms with Gasteiger partial charge < -0.3 is 10.3 Å². The topological polar surface area (TPSA) is 70.7 Å². The number of aromatic amines is 1. The molecule has 0 fully saturated rings. The van der Waals surface area contributed by atoms with Crippen molar-refractivity contribution in [2.45, 2.75) is 6.18 Å². The maximum atomic E-state index is 13.0. The Balaban J connectivity index is 1.73. The van der Waals surface area contributed by atoms with E-state index < -0.39 is 11.7 Å². The van der Waals surface area contributed by atoms with Gasteiger partial charge in [0.1, 0.15) is 11.3 Å². The lowest BCUT2D eigenvalue weighted by Gasteiger charge is -2.07. The number of aromatic nitrogens is 3. The maximum Gasteiger partial charge on any atom is 0.416 e. The number of imidazole rings is 1. The first kappa shape index (κ1) is 17.7. The van der Waals surface area contributed by atoms with Crippen LogP contribution in [0.1, 0.15) is 15.9 Å². The van der Waals surface area contributed by atoms with Crippen LogP contribution in [0.2, 0.25) is 0 Å². The summed E-state index contributed by atoms with van der Waals surface area (Å²) in [5.41, 5.74) is 1.33. The first-order valence-electron chi connectivity index (χ1n) is 8.29. The molecule has 4 rings (SSSR count). The van der Waals surface area contributed by atoms with Crippen molar-refractivity contribution in [3.05, 3.63) is 78.1 Å². The Bertz CT molecular complexity index is 1150. The van der Waals surface area contributed by atoms with Gasteiger partial charge in [-0.2, -0.15) is 13.2 Å². The van der Waals surface area contributed by atoms with Gasteiger partial charge in [-0.05, 0) is 36.4 Å². The third-order valence-corrected chi connectivity index (χ3v) is 4.16. The smallest absolute Gasteiger partial charge is 0.338 e. The number of carbonyl (C=O) groups is 1. The molecule has 0 bridgehead atoms.